The summed E-state index contributed by atoms with van der Waals surface area (Å²) in [6.07, 6.45) is 3.28. The molecule has 120 valence electrons. The van der Waals surface area contributed by atoms with Crippen molar-refractivity contribution in [1.82, 2.24) is 9.97 Å². The second-order valence-corrected chi connectivity index (χ2v) is 5.33. The van der Waals surface area contributed by atoms with Crippen LogP contribution in [0.1, 0.15) is 10.4 Å². The summed E-state index contributed by atoms with van der Waals surface area (Å²) in [6.45, 7) is 0. The Morgan fingerprint density at radius 1 is 1.00 bits per heavy atom. The largest absolute Gasteiger partial charge is 0.507 e. The summed E-state index contributed by atoms with van der Waals surface area (Å²) in [7, 11) is 0. The average Bonchev–Trinajstić information content (AvgIpc) is 2.59. The minimum atomic E-state index is -0.442. The molecule has 0 radical (unpaired) electrons. The van der Waals surface area contributed by atoms with Gasteiger partial charge in [-0.15, -0.1) is 0 Å². The van der Waals surface area contributed by atoms with Gasteiger partial charge in [-0.2, -0.15) is 0 Å². The van der Waals surface area contributed by atoms with Crippen molar-refractivity contribution in [2.75, 3.05) is 10.6 Å². The molecule has 1 aromatic heterocycles. The monoisotopic (exact) mass is 340 g/mol. The van der Waals surface area contributed by atoms with E-state index in [-0.39, 0.29) is 11.3 Å². The molecule has 1 heterocycles. The third-order valence-electron chi connectivity index (χ3n) is 3.17. The van der Waals surface area contributed by atoms with E-state index in [0.29, 0.717) is 16.7 Å². The molecule has 0 fully saturated rings. The molecule has 0 saturated heterocycles. The molecular formula is C17H13ClN4O2. The van der Waals surface area contributed by atoms with Crippen LogP contribution in [0, 0.1) is 0 Å². The van der Waals surface area contributed by atoms with E-state index in [0.717, 1.165) is 5.69 Å². The van der Waals surface area contributed by atoms with Gasteiger partial charge in [-0.25, -0.2) is 9.97 Å². The van der Waals surface area contributed by atoms with Gasteiger partial charge < -0.3 is 15.7 Å². The van der Waals surface area contributed by atoms with E-state index in [1.165, 1.54) is 18.2 Å². The van der Waals surface area contributed by atoms with Crippen molar-refractivity contribution >= 4 is 34.8 Å². The van der Waals surface area contributed by atoms with Crippen LogP contribution >= 0.6 is 11.6 Å². The topological polar surface area (TPSA) is 87.1 Å². The number of phenolic OH excluding ortho intramolecular Hbond substituents is 1. The maximum atomic E-state index is 12.2. The van der Waals surface area contributed by atoms with Gasteiger partial charge in [0.05, 0.1) is 5.56 Å². The van der Waals surface area contributed by atoms with Crippen molar-refractivity contribution < 1.29 is 9.90 Å². The highest BCUT2D eigenvalue weighted by Gasteiger charge is 2.12. The maximum Gasteiger partial charge on any atom is 0.259 e. The first-order chi connectivity index (χ1) is 11.6. The van der Waals surface area contributed by atoms with Crippen LogP contribution in [-0.2, 0) is 0 Å². The second-order valence-electron chi connectivity index (χ2n) is 4.89. The van der Waals surface area contributed by atoms with Crippen LogP contribution in [0.3, 0.4) is 0 Å². The van der Waals surface area contributed by atoms with Crippen LogP contribution in [-0.4, -0.2) is 21.0 Å². The van der Waals surface area contributed by atoms with Crippen molar-refractivity contribution in [2.45, 2.75) is 0 Å². The second kappa shape index (κ2) is 6.97. The number of carbonyl (C=O) groups excluding carboxylic acids is 1. The van der Waals surface area contributed by atoms with Crippen LogP contribution in [0.2, 0.25) is 5.02 Å². The molecule has 0 aliphatic carbocycles. The third-order valence-corrected chi connectivity index (χ3v) is 3.40. The maximum absolute atomic E-state index is 12.2. The van der Waals surface area contributed by atoms with Gasteiger partial charge in [-0.05, 0) is 48.5 Å². The molecule has 3 N–H and O–H groups in total. The fraction of sp³-hybridized carbons (Fsp3) is 0. The van der Waals surface area contributed by atoms with Gasteiger partial charge in [-0.1, -0.05) is 11.6 Å². The first-order valence-electron chi connectivity index (χ1n) is 7.06. The number of aromatic nitrogens is 2. The number of hydrogen-bond acceptors (Lipinski definition) is 5. The van der Waals surface area contributed by atoms with Gasteiger partial charge in [0.2, 0.25) is 5.95 Å². The van der Waals surface area contributed by atoms with Gasteiger partial charge in [0.25, 0.3) is 5.91 Å². The highest BCUT2D eigenvalue weighted by Crippen LogP contribution is 2.23. The molecule has 0 unspecified atom stereocenters. The molecule has 0 bridgehead atoms. The van der Waals surface area contributed by atoms with E-state index in [2.05, 4.69) is 20.6 Å². The van der Waals surface area contributed by atoms with Crippen LogP contribution < -0.4 is 10.6 Å². The van der Waals surface area contributed by atoms with E-state index in [9.17, 15) is 9.90 Å². The van der Waals surface area contributed by atoms with Crippen molar-refractivity contribution in [3.05, 3.63) is 71.5 Å². The van der Waals surface area contributed by atoms with E-state index in [1.807, 2.05) is 0 Å². The highest BCUT2D eigenvalue weighted by atomic mass is 35.5. The fourth-order valence-corrected chi connectivity index (χ4v) is 2.19. The first-order valence-corrected chi connectivity index (χ1v) is 7.43. The number of phenols is 1. The molecule has 2 aromatic carbocycles. The lowest BCUT2D eigenvalue weighted by atomic mass is 10.2. The number of carbonyl (C=O) groups is 1. The third kappa shape index (κ3) is 3.80. The Labute approximate surface area is 143 Å². The van der Waals surface area contributed by atoms with Gasteiger partial charge in [0, 0.05) is 28.8 Å². The quantitative estimate of drug-likeness (QED) is 0.672. The number of rotatable bonds is 4. The lowest BCUT2D eigenvalue weighted by Crippen LogP contribution is -2.12. The zero-order valence-electron chi connectivity index (χ0n) is 12.4. The lowest BCUT2D eigenvalue weighted by Gasteiger charge is -2.09. The molecule has 0 saturated carbocycles. The standard InChI is InChI=1S/C17H13ClN4O2/c18-11-2-7-15(23)14(10-11)16(24)21-12-3-5-13(6-4-12)22-17-19-8-1-9-20-17/h1-10,23H,(H,21,24)(H,19,20,22). The molecule has 7 heteroatoms. The minimum absolute atomic E-state index is 0.113. The number of amides is 1. The molecule has 3 aromatic rings. The number of hydrogen-bond donors (Lipinski definition) is 3. The van der Waals surface area contributed by atoms with Gasteiger partial charge in [0.1, 0.15) is 5.75 Å². The molecule has 0 atom stereocenters. The van der Waals surface area contributed by atoms with Crippen LogP contribution in [0.4, 0.5) is 17.3 Å². The predicted octanol–water partition coefficient (Wildman–Crippen LogP) is 3.83. The minimum Gasteiger partial charge on any atom is -0.507 e. The van der Waals surface area contributed by atoms with Gasteiger partial charge >= 0.3 is 0 Å². The molecule has 0 aliphatic heterocycles. The van der Waals surface area contributed by atoms with E-state index >= 15 is 0 Å². The van der Waals surface area contributed by atoms with Crippen molar-refractivity contribution in [1.29, 1.82) is 0 Å². The zero-order chi connectivity index (χ0) is 16.9. The molecule has 3 rings (SSSR count). The summed E-state index contributed by atoms with van der Waals surface area (Å²) in [6, 6.07) is 13.1. The summed E-state index contributed by atoms with van der Waals surface area (Å²) in [5.74, 6) is -0.0864. The summed E-state index contributed by atoms with van der Waals surface area (Å²) in [5.41, 5.74) is 1.48. The summed E-state index contributed by atoms with van der Waals surface area (Å²) in [5, 5.41) is 15.9. The summed E-state index contributed by atoms with van der Waals surface area (Å²) >= 11 is 5.85. The number of halogens is 1. The summed E-state index contributed by atoms with van der Waals surface area (Å²) in [4.78, 5) is 20.3. The Bertz CT molecular complexity index is 854. The first kappa shape index (κ1) is 15.8. The molecule has 0 aliphatic rings. The Kier molecular flexibility index (Phi) is 4.58. The number of aromatic hydroxyl groups is 1. The van der Waals surface area contributed by atoms with Crippen LogP contribution in [0.5, 0.6) is 5.75 Å². The van der Waals surface area contributed by atoms with Crippen LogP contribution in [0.25, 0.3) is 0 Å². The number of nitrogens with zero attached hydrogens (tertiary/aromatic N) is 2. The Balaban J connectivity index is 1.70. The van der Waals surface area contributed by atoms with E-state index < -0.39 is 5.91 Å². The molecule has 1 amide bonds. The van der Waals surface area contributed by atoms with Crippen LogP contribution in [0.15, 0.2) is 60.9 Å². The van der Waals surface area contributed by atoms with Crippen molar-refractivity contribution in [3.8, 4) is 5.75 Å². The smallest absolute Gasteiger partial charge is 0.259 e. The Hall–Kier alpha value is -3.12. The average molecular weight is 341 g/mol. The molecule has 6 nitrogen and oxygen atoms in total. The van der Waals surface area contributed by atoms with Crippen molar-refractivity contribution in [3.63, 3.8) is 0 Å². The Morgan fingerprint density at radius 2 is 1.67 bits per heavy atom. The predicted molar refractivity (Wildman–Crippen MR) is 92.8 cm³/mol. The fourth-order valence-electron chi connectivity index (χ4n) is 2.02. The van der Waals surface area contributed by atoms with E-state index in [4.69, 9.17) is 11.6 Å². The van der Waals surface area contributed by atoms with Gasteiger partial charge in [-0.3, -0.25) is 4.79 Å². The summed E-state index contributed by atoms with van der Waals surface area (Å²) < 4.78 is 0. The van der Waals surface area contributed by atoms with E-state index in [1.54, 1.807) is 42.7 Å². The highest BCUT2D eigenvalue weighted by molar-refractivity contribution is 6.31. The zero-order valence-corrected chi connectivity index (χ0v) is 13.2. The number of anilines is 3. The molecule has 24 heavy (non-hydrogen) atoms. The molecular weight excluding hydrogens is 328 g/mol. The lowest BCUT2D eigenvalue weighted by molar-refractivity contribution is 0.102. The van der Waals surface area contributed by atoms with Gasteiger partial charge in [0.15, 0.2) is 0 Å². The number of benzene rings is 2. The SMILES string of the molecule is O=C(Nc1ccc(Nc2ncccn2)cc1)c1cc(Cl)ccc1O. The Morgan fingerprint density at radius 3 is 2.38 bits per heavy atom. The molecule has 0 spiro atoms. The van der Waals surface area contributed by atoms with Crippen molar-refractivity contribution in [2.24, 2.45) is 0 Å². The normalized spacial score (nSPS) is 10.2. The number of nitrogens with one attached hydrogen (secondary N) is 2.